The average molecular weight is 732 g/mol. The molecule has 0 aliphatic heterocycles. The van der Waals surface area contributed by atoms with Crippen LogP contribution in [0.5, 0.6) is 0 Å². The molecule has 0 saturated carbocycles. The number of hydrogen-bond donors (Lipinski definition) is 0. The molecule has 1 heterocycles. The minimum atomic E-state index is 1.11. The number of hydrogen-bond acceptors (Lipinski definition) is 2. The highest BCUT2D eigenvalue weighted by Gasteiger charge is 2.16. The second kappa shape index (κ2) is 14.7. The summed E-state index contributed by atoms with van der Waals surface area (Å²) < 4.78 is 2.66. The van der Waals surface area contributed by atoms with E-state index in [1.54, 1.807) is 0 Å². The smallest absolute Gasteiger partial charge is 0.0462 e. The van der Waals surface area contributed by atoms with Crippen molar-refractivity contribution in [1.82, 2.24) is 0 Å². The molecule has 2 heteroatoms. The molecule has 0 atom stereocenters. The summed E-state index contributed by atoms with van der Waals surface area (Å²) >= 11 is 1.90. The monoisotopic (exact) mass is 731 g/mol. The van der Waals surface area contributed by atoms with Crippen LogP contribution in [0.1, 0.15) is 0 Å². The first-order valence-electron chi connectivity index (χ1n) is 19.1. The van der Waals surface area contributed by atoms with E-state index in [4.69, 9.17) is 0 Å². The first-order valence-corrected chi connectivity index (χ1v) is 19.9. The normalized spacial score (nSPS) is 11.2. The lowest BCUT2D eigenvalue weighted by Crippen LogP contribution is -2.09. The molecule has 0 unspecified atom stereocenters. The topological polar surface area (TPSA) is 3.24 Å². The van der Waals surface area contributed by atoms with Crippen LogP contribution in [0.15, 0.2) is 224 Å². The van der Waals surface area contributed by atoms with Gasteiger partial charge in [-0.05, 0) is 98.1 Å². The van der Waals surface area contributed by atoms with Crippen LogP contribution in [0.25, 0.3) is 75.8 Å². The molecule has 0 spiro atoms. The van der Waals surface area contributed by atoms with Crippen molar-refractivity contribution in [3.63, 3.8) is 0 Å². The number of benzene rings is 9. The van der Waals surface area contributed by atoms with Crippen LogP contribution in [0, 0.1) is 0 Å². The lowest BCUT2D eigenvalue weighted by molar-refractivity contribution is 1.28. The van der Waals surface area contributed by atoms with E-state index < -0.39 is 0 Å². The Bertz CT molecular complexity index is 2830. The van der Waals surface area contributed by atoms with Gasteiger partial charge in [0, 0.05) is 37.2 Å². The van der Waals surface area contributed by atoms with Gasteiger partial charge in [-0.15, -0.1) is 11.3 Å². The standard InChI is InChI=1S/C54H37NS/c1-4-13-38(14-5-1)40-25-31-46(32-26-40)55(47-33-27-41(28-34-47)39-15-6-2-7-16-39)48-35-29-42(30-36-48)44-19-10-20-45(37-44)50-22-12-24-52-51-23-11-21-49(53(51)56-54(50)52)43-17-8-3-9-18-43/h1-37H. The number of rotatable bonds is 8. The molecular formula is C54H37NS. The van der Waals surface area contributed by atoms with Crippen LogP contribution < -0.4 is 4.90 Å². The first-order chi connectivity index (χ1) is 27.8. The molecule has 1 nitrogen and oxygen atoms in total. The maximum Gasteiger partial charge on any atom is 0.0462 e. The zero-order valence-electron chi connectivity index (χ0n) is 30.7. The molecule has 0 amide bonds. The van der Waals surface area contributed by atoms with Crippen LogP contribution in [0.4, 0.5) is 17.1 Å². The van der Waals surface area contributed by atoms with Crippen molar-refractivity contribution < 1.29 is 0 Å². The Morgan fingerprint density at radius 3 is 1.05 bits per heavy atom. The minimum Gasteiger partial charge on any atom is -0.311 e. The number of fused-ring (bicyclic) bond motifs is 3. The molecule has 0 saturated heterocycles. The number of anilines is 3. The summed E-state index contributed by atoms with van der Waals surface area (Å²) in [6.45, 7) is 0. The van der Waals surface area contributed by atoms with Gasteiger partial charge in [0.05, 0.1) is 0 Å². The molecule has 10 rings (SSSR count). The third-order valence-corrected chi connectivity index (χ3v) is 12.0. The Hall–Kier alpha value is -7.00. The molecule has 0 aliphatic carbocycles. The van der Waals surface area contributed by atoms with Crippen molar-refractivity contribution in [2.45, 2.75) is 0 Å². The highest BCUT2D eigenvalue weighted by atomic mass is 32.1. The summed E-state index contributed by atoms with van der Waals surface area (Å²) in [4.78, 5) is 2.34. The highest BCUT2D eigenvalue weighted by molar-refractivity contribution is 7.26. The van der Waals surface area contributed by atoms with Crippen molar-refractivity contribution in [3.05, 3.63) is 224 Å². The fourth-order valence-corrected chi connectivity index (χ4v) is 9.25. The minimum absolute atomic E-state index is 1.11. The molecule has 0 aliphatic rings. The van der Waals surface area contributed by atoms with Gasteiger partial charge in [-0.25, -0.2) is 0 Å². The van der Waals surface area contributed by atoms with Gasteiger partial charge in [-0.2, -0.15) is 0 Å². The molecule has 0 fully saturated rings. The van der Waals surface area contributed by atoms with E-state index in [-0.39, 0.29) is 0 Å². The predicted octanol–water partition coefficient (Wildman–Crippen LogP) is 15.9. The van der Waals surface area contributed by atoms with E-state index in [0.717, 1.165) is 17.1 Å². The van der Waals surface area contributed by atoms with Gasteiger partial charge in [0.2, 0.25) is 0 Å². The van der Waals surface area contributed by atoms with E-state index in [2.05, 4.69) is 229 Å². The van der Waals surface area contributed by atoms with Crippen LogP contribution in [0.3, 0.4) is 0 Å². The van der Waals surface area contributed by atoms with E-state index >= 15 is 0 Å². The third-order valence-electron chi connectivity index (χ3n) is 10.7. The van der Waals surface area contributed by atoms with Gasteiger partial charge in [0.1, 0.15) is 0 Å². The predicted molar refractivity (Wildman–Crippen MR) is 241 cm³/mol. The Morgan fingerprint density at radius 2 is 0.589 bits per heavy atom. The third kappa shape index (κ3) is 6.36. The molecule has 9 aromatic carbocycles. The maximum absolute atomic E-state index is 2.34. The van der Waals surface area contributed by atoms with Crippen molar-refractivity contribution in [1.29, 1.82) is 0 Å². The zero-order chi connectivity index (χ0) is 37.3. The average Bonchev–Trinajstić information content (AvgIpc) is 3.68. The van der Waals surface area contributed by atoms with Gasteiger partial charge in [-0.1, -0.05) is 182 Å². The van der Waals surface area contributed by atoms with Crippen molar-refractivity contribution in [3.8, 4) is 55.6 Å². The van der Waals surface area contributed by atoms with E-state index in [1.807, 2.05) is 11.3 Å². The first kappa shape index (κ1) is 33.6. The number of nitrogens with zero attached hydrogens (tertiary/aromatic N) is 1. The fourth-order valence-electron chi connectivity index (χ4n) is 7.88. The highest BCUT2D eigenvalue weighted by Crippen LogP contribution is 2.44. The molecule has 1 aromatic heterocycles. The summed E-state index contributed by atoms with van der Waals surface area (Å²) in [5, 5.41) is 2.62. The summed E-state index contributed by atoms with van der Waals surface area (Å²) in [5.41, 5.74) is 15.6. The van der Waals surface area contributed by atoms with Crippen molar-refractivity contribution >= 4 is 48.6 Å². The maximum atomic E-state index is 2.34. The van der Waals surface area contributed by atoms with E-state index in [1.165, 1.54) is 75.8 Å². The van der Waals surface area contributed by atoms with Crippen LogP contribution >= 0.6 is 11.3 Å². The van der Waals surface area contributed by atoms with E-state index in [0.29, 0.717) is 0 Å². The van der Waals surface area contributed by atoms with Gasteiger partial charge < -0.3 is 4.90 Å². The number of thiophene rings is 1. The largest absolute Gasteiger partial charge is 0.311 e. The second-order valence-corrected chi connectivity index (χ2v) is 15.1. The van der Waals surface area contributed by atoms with Crippen LogP contribution in [-0.4, -0.2) is 0 Å². The quantitative estimate of drug-likeness (QED) is 0.150. The Morgan fingerprint density at radius 1 is 0.250 bits per heavy atom. The van der Waals surface area contributed by atoms with E-state index in [9.17, 15) is 0 Å². The van der Waals surface area contributed by atoms with Crippen molar-refractivity contribution in [2.75, 3.05) is 4.90 Å². The summed E-state index contributed by atoms with van der Waals surface area (Å²) in [7, 11) is 0. The van der Waals surface area contributed by atoms with Gasteiger partial charge in [-0.3, -0.25) is 0 Å². The fraction of sp³-hybridized carbons (Fsp3) is 0. The molecule has 56 heavy (non-hydrogen) atoms. The van der Waals surface area contributed by atoms with Crippen LogP contribution in [-0.2, 0) is 0 Å². The summed E-state index contributed by atoms with van der Waals surface area (Å²) in [5.74, 6) is 0. The summed E-state index contributed by atoms with van der Waals surface area (Å²) in [6, 6.07) is 81.1. The molecule has 0 bridgehead atoms. The lowest BCUT2D eigenvalue weighted by atomic mass is 9.97. The Kier molecular flexibility index (Phi) is 8.79. The molecule has 264 valence electrons. The van der Waals surface area contributed by atoms with Crippen LogP contribution in [0.2, 0.25) is 0 Å². The molecule has 10 aromatic rings. The second-order valence-electron chi connectivity index (χ2n) is 14.1. The SMILES string of the molecule is c1ccc(-c2ccc(N(c3ccc(-c4ccccc4)cc3)c3ccc(-c4cccc(-c5cccc6c5sc5c(-c7ccccc7)cccc56)c4)cc3)cc2)cc1. The molecule has 0 N–H and O–H groups in total. The van der Waals surface area contributed by atoms with Crippen molar-refractivity contribution in [2.24, 2.45) is 0 Å². The Labute approximate surface area is 332 Å². The van der Waals surface area contributed by atoms with Gasteiger partial charge >= 0.3 is 0 Å². The lowest BCUT2D eigenvalue weighted by Gasteiger charge is -2.26. The Balaban J connectivity index is 1.00. The zero-order valence-corrected chi connectivity index (χ0v) is 31.5. The van der Waals surface area contributed by atoms with Gasteiger partial charge in [0.25, 0.3) is 0 Å². The molecule has 0 radical (unpaired) electrons. The summed E-state index contributed by atoms with van der Waals surface area (Å²) in [6.07, 6.45) is 0. The molecular weight excluding hydrogens is 695 g/mol. The van der Waals surface area contributed by atoms with Gasteiger partial charge in [0.15, 0.2) is 0 Å².